The highest BCUT2D eigenvalue weighted by Gasteiger charge is 2.06. The van der Waals surface area contributed by atoms with Crippen molar-refractivity contribution in [2.75, 3.05) is 7.11 Å². The SMILES string of the molecule is COc1cccc(-c2cc(F)ccc2O)c1. The Morgan fingerprint density at radius 3 is 2.69 bits per heavy atom. The molecule has 0 fully saturated rings. The lowest BCUT2D eigenvalue weighted by molar-refractivity contribution is 0.415. The number of halogens is 1. The van der Waals surface area contributed by atoms with Crippen molar-refractivity contribution in [3.8, 4) is 22.6 Å². The molecule has 2 aromatic carbocycles. The molecule has 0 saturated carbocycles. The zero-order chi connectivity index (χ0) is 11.5. The zero-order valence-corrected chi connectivity index (χ0v) is 8.77. The number of phenols is 1. The Labute approximate surface area is 92.9 Å². The number of rotatable bonds is 2. The molecule has 82 valence electrons. The summed E-state index contributed by atoms with van der Waals surface area (Å²) in [6.07, 6.45) is 0. The molecule has 0 saturated heterocycles. The Bertz CT molecular complexity index is 509. The van der Waals surface area contributed by atoms with E-state index in [4.69, 9.17) is 4.74 Å². The van der Waals surface area contributed by atoms with Crippen LogP contribution in [0, 0.1) is 5.82 Å². The molecule has 0 bridgehead atoms. The first-order valence-corrected chi connectivity index (χ1v) is 4.83. The molecule has 0 radical (unpaired) electrons. The molecular formula is C13H11FO2. The molecule has 2 aromatic rings. The van der Waals surface area contributed by atoms with E-state index in [1.54, 1.807) is 31.4 Å². The van der Waals surface area contributed by atoms with Crippen LogP contribution < -0.4 is 4.74 Å². The highest BCUT2D eigenvalue weighted by Crippen LogP contribution is 2.31. The fourth-order valence-electron chi connectivity index (χ4n) is 1.53. The maximum Gasteiger partial charge on any atom is 0.124 e. The van der Waals surface area contributed by atoms with E-state index in [0.29, 0.717) is 11.3 Å². The molecule has 0 unspecified atom stereocenters. The van der Waals surface area contributed by atoms with Crippen molar-refractivity contribution in [1.82, 2.24) is 0 Å². The monoisotopic (exact) mass is 218 g/mol. The summed E-state index contributed by atoms with van der Waals surface area (Å²) in [4.78, 5) is 0. The minimum Gasteiger partial charge on any atom is -0.507 e. The van der Waals surface area contributed by atoms with Crippen LogP contribution in [-0.2, 0) is 0 Å². The molecule has 16 heavy (non-hydrogen) atoms. The smallest absolute Gasteiger partial charge is 0.124 e. The summed E-state index contributed by atoms with van der Waals surface area (Å²) in [6, 6.07) is 11.0. The number of aromatic hydroxyl groups is 1. The lowest BCUT2D eigenvalue weighted by Crippen LogP contribution is -1.85. The van der Waals surface area contributed by atoms with Crippen molar-refractivity contribution in [3.05, 3.63) is 48.3 Å². The van der Waals surface area contributed by atoms with Gasteiger partial charge in [0.1, 0.15) is 17.3 Å². The summed E-state index contributed by atoms with van der Waals surface area (Å²) >= 11 is 0. The molecule has 0 amide bonds. The van der Waals surface area contributed by atoms with Gasteiger partial charge in [-0.15, -0.1) is 0 Å². The first-order chi connectivity index (χ1) is 7.70. The summed E-state index contributed by atoms with van der Waals surface area (Å²) in [5, 5.41) is 9.64. The number of hydrogen-bond donors (Lipinski definition) is 1. The minimum absolute atomic E-state index is 0.0506. The normalized spacial score (nSPS) is 10.1. The summed E-state index contributed by atoms with van der Waals surface area (Å²) in [7, 11) is 1.56. The van der Waals surface area contributed by atoms with Gasteiger partial charge in [0.15, 0.2) is 0 Å². The largest absolute Gasteiger partial charge is 0.507 e. The number of methoxy groups -OCH3 is 1. The first kappa shape index (κ1) is 10.5. The van der Waals surface area contributed by atoms with Crippen LogP contribution in [0.25, 0.3) is 11.1 Å². The Balaban J connectivity index is 2.53. The average molecular weight is 218 g/mol. The maximum absolute atomic E-state index is 13.1. The maximum atomic E-state index is 13.1. The fourth-order valence-corrected chi connectivity index (χ4v) is 1.53. The molecular weight excluding hydrogens is 207 g/mol. The van der Waals surface area contributed by atoms with Crippen molar-refractivity contribution < 1.29 is 14.2 Å². The Morgan fingerprint density at radius 1 is 1.12 bits per heavy atom. The van der Waals surface area contributed by atoms with Gasteiger partial charge in [-0.25, -0.2) is 4.39 Å². The minimum atomic E-state index is -0.379. The van der Waals surface area contributed by atoms with Crippen LogP contribution in [0.3, 0.4) is 0 Å². The quantitative estimate of drug-likeness (QED) is 0.838. The molecule has 0 atom stereocenters. The zero-order valence-electron chi connectivity index (χ0n) is 8.77. The number of hydrogen-bond acceptors (Lipinski definition) is 2. The van der Waals surface area contributed by atoms with Crippen molar-refractivity contribution >= 4 is 0 Å². The Morgan fingerprint density at radius 2 is 1.94 bits per heavy atom. The van der Waals surface area contributed by atoms with Crippen LogP contribution >= 0.6 is 0 Å². The van der Waals surface area contributed by atoms with E-state index in [1.165, 1.54) is 18.2 Å². The second-order valence-corrected chi connectivity index (χ2v) is 3.39. The van der Waals surface area contributed by atoms with E-state index in [-0.39, 0.29) is 11.6 Å². The van der Waals surface area contributed by atoms with Crippen LogP contribution in [0.1, 0.15) is 0 Å². The lowest BCUT2D eigenvalue weighted by atomic mass is 10.0. The van der Waals surface area contributed by atoms with Crippen molar-refractivity contribution in [1.29, 1.82) is 0 Å². The van der Waals surface area contributed by atoms with E-state index in [0.717, 1.165) is 5.56 Å². The van der Waals surface area contributed by atoms with Gasteiger partial charge in [-0.3, -0.25) is 0 Å². The fraction of sp³-hybridized carbons (Fsp3) is 0.0769. The van der Waals surface area contributed by atoms with Crippen molar-refractivity contribution in [2.45, 2.75) is 0 Å². The van der Waals surface area contributed by atoms with Gasteiger partial charge in [0.25, 0.3) is 0 Å². The predicted molar refractivity (Wildman–Crippen MR) is 60.1 cm³/mol. The third-order valence-electron chi connectivity index (χ3n) is 2.34. The second kappa shape index (κ2) is 4.23. The highest BCUT2D eigenvalue weighted by atomic mass is 19.1. The molecule has 0 aliphatic carbocycles. The molecule has 0 aliphatic heterocycles. The van der Waals surface area contributed by atoms with Crippen molar-refractivity contribution in [3.63, 3.8) is 0 Å². The summed E-state index contributed by atoms with van der Waals surface area (Å²) < 4.78 is 18.1. The van der Waals surface area contributed by atoms with Crippen LogP contribution in [0.2, 0.25) is 0 Å². The van der Waals surface area contributed by atoms with Gasteiger partial charge in [0, 0.05) is 5.56 Å². The molecule has 0 aliphatic rings. The Hall–Kier alpha value is -2.03. The molecule has 0 aromatic heterocycles. The number of phenolic OH excluding ortho intramolecular Hbond substituents is 1. The van der Waals surface area contributed by atoms with Gasteiger partial charge in [0.05, 0.1) is 7.11 Å². The van der Waals surface area contributed by atoms with E-state index < -0.39 is 0 Å². The third kappa shape index (κ3) is 1.98. The van der Waals surface area contributed by atoms with E-state index in [2.05, 4.69) is 0 Å². The first-order valence-electron chi connectivity index (χ1n) is 4.83. The van der Waals surface area contributed by atoms with Crippen LogP contribution in [0.15, 0.2) is 42.5 Å². The second-order valence-electron chi connectivity index (χ2n) is 3.39. The van der Waals surface area contributed by atoms with Crippen LogP contribution in [0.4, 0.5) is 4.39 Å². The summed E-state index contributed by atoms with van der Waals surface area (Å²) in [5.41, 5.74) is 1.18. The molecule has 2 rings (SSSR count). The predicted octanol–water partition coefficient (Wildman–Crippen LogP) is 3.21. The number of ether oxygens (including phenoxy) is 1. The van der Waals surface area contributed by atoms with Crippen LogP contribution in [0.5, 0.6) is 11.5 Å². The van der Waals surface area contributed by atoms with Gasteiger partial charge >= 0.3 is 0 Å². The van der Waals surface area contributed by atoms with Gasteiger partial charge in [-0.2, -0.15) is 0 Å². The molecule has 1 N–H and O–H groups in total. The molecule has 0 heterocycles. The Kier molecular flexibility index (Phi) is 2.77. The standard InChI is InChI=1S/C13H11FO2/c1-16-11-4-2-3-9(7-11)12-8-10(14)5-6-13(12)15/h2-8,15H,1H3. The van der Waals surface area contributed by atoms with Gasteiger partial charge in [0.2, 0.25) is 0 Å². The van der Waals surface area contributed by atoms with E-state index in [1.807, 2.05) is 0 Å². The summed E-state index contributed by atoms with van der Waals surface area (Å²) in [6.45, 7) is 0. The van der Waals surface area contributed by atoms with Gasteiger partial charge in [-0.1, -0.05) is 12.1 Å². The number of benzene rings is 2. The molecule has 2 nitrogen and oxygen atoms in total. The van der Waals surface area contributed by atoms with E-state index >= 15 is 0 Å². The third-order valence-corrected chi connectivity index (χ3v) is 2.34. The highest BCUT2D eigenvalue weighted by molar-refractivity contribution is 5.71. The summed E-state index contributed by atoms with van der Waals surface area (Å²) in [5.74, 6) is 0.339. The topological polar surface area (TPSA) is 29.5 Å². The van der Waals surface area contributed by atoms with Gasteiger partial charge < -0.3 is 9.84 Å². The van der Waals surface area contributed by atoms with Gasteiger partial charge in [-0.05, 0) is 35.9 Å². The average Bonchev–Trinajstić information content (AvgIpc) is 2.32. The van der Waals surface area contributed by atoms with E-state index in [9.17, 15) is 9.50 Å². The van der Waals surface area contributed by atoms with Crippen molar-refractivity contribution in [2.24, 2.45) is 0 Å². The molecule has 0 spiro atoms. The molecule has 3 heteroatoms. The lowest BCUT2D eigenvalue weighted by Gasteiger charge is -2.06. The van der Waals surface area contributed by atoms with Crippen LogP contribution in [-0.4, -0.2) is 12.2 Å².